The Kier molecular flexibility index (Phi) is 4.67. The van der Waals surface area contributed by atoms with Gasteiger partial charge < -0.3 is 10.0 Å². The minimum atomic E-state index is -3.54. The molecule has 1 saturated heterocycles. The maximum Gasteiger partial charge on any atom is 0.240 e. The summed E-state index contributed by atoms with van der Waals surface area (Å²) in [5.41, 5.74) is 0. The van der Waals surface area contributed by atoms with E-state index in [1.165, 1.54) is 24.3 Å². The highest BCUT2D eigenvalue weighted by atomic mass is 32.2. The summed E-state index contributed by atoms with van der Waals surface area (Å²) in [4.78, 5) is 2.46. The van der Waals surface area contributed by atoms with E-state index < -0.39 is 10.0 Å². The van der Waals surface area contributed by atoms with Gasteiger partial charge in [0.05, 0.1) is 4.90 Å². The molecule has 6 heteroatoms. The van der Waals surface area contributed by atoms with Gasteiger partial charge in [-0.15, -0.1) is 0 Å². The normalized spacial score (nSPS) is 20.6. The lowest BCUT2D eigenvalue weighted by Crippen LogP contribution is -2.33. The third kappa shape index (κ3) is 3.71. The summed E-state index contributed by atoms with van der Waals surface area (Å²) in [5, 5.41) is 9.35. The molecule has 1 heterocycles. The third-order valence-electron chi connectivity index (χ3n) is 3.74. The number of nitrogens with zero attached hydrogens (tertiary/aromatic N) is 1. The number of hydrogen-bond donors (Lipinski definition) is 2. The van der Waals surface area contributed by atoms with E-state index >= 15 is 0 Å². The van der Waals surface area contributed by atoms with Crippen molar-refractivity contribution >= 4 is 10.0 Å². The van der Waals surface area contributed by atoms with Gasteiger partial charge in [0.1, 0.15) is 5.75 Å². The predicted octanol–water partition coefficient (Wildman–Crippen LogP) is 1.40. The number of likely N-dealkylation sites (tertiary alicyclic amines) is 1. The van der Waals surface area contributed by atoms with Gasteiger partial charge in [-0.2, -0.15) is 0 Å². The summed E-state index contributed by atoms with van der Waals surface area (Å²) in [7, 11) is -3.54. The molecular weight excluding hydrogens is 276 g/mol. The van der Waals surface area contributed by atoms with Crippen LogP contribution >= 0.6 is 0 Å². The summed E-state index contributed by atoms with van der Waals surface area (Å²) < 4.78 is 26.9. The highest BCUT2D eigenvalue weighted by Gasteiger charge is 2.25. The first kappa shape index (κ1) is 15.3. The zero-order valence-corrected chi connectivity index (χ0v) is 12.7. The topological polar surface area (TPSA) is 69.6 Å². The number of nitrogens with one attached hydrogen (secondary N) is 1. The summed E-state index contributed by atoms with van der Waals surface area (Å²) in [5.74, 6) is 0.309. The van der Waals surface area contributed by atoms with Crippen LogP contribution in [0.4, 0.5) is 0 Å². The van der Waals surface area contributed by atoms with Crippen molar-refractivity contribution in [2.75, 3.05) is 19.6 Å². The molecule has 0 aromatic heterocycles. The third-order valence-corrected chi connectivity index (χ3v) is 5.16. The maximum absolute atomic E-state index is 12.1. The van der Waals surface area contributed by atoms with Crippen LogP contribution in [0.3, 0.4) is 0 Å². The number of benzene rings is 1. The van der Waals surface area contributed by atoms with Crippen molar-refractivity contribution in [3.05, 3.63) is 24.3 Å². The van der Waals surface area contributed by atoms with Crippen molar-refractivity contribution in [3.63, 3.8) is 0 Å². The van der Waals surface area contributed by atoms with Gasteiger partial charge in [0.2, 0.25) is 10.0 Å². The van der Waals surface area contributed by atoms with Crippen molar-refractivity contribution in [2.24, 2.45) is 5.92 Å². The average molecular weight is 298 g/mol. The molecule has 20 heavy (non-hydrogen) atoms. The van der Waals surface area contributed by atoms with Crippen molar-refractivity contribution < 1.29 is 13.5 Å². The first-order valence-electron chi connectivity index (χ1n) is 6.91. The SMILES string of the molecule is CC(C)N1CCC(CNS(=O)(=O)c2cccc(O)c2)C1. The highest BCUT2D eigenvalue weighted by Crippen LogP contribution is 2.19. The Morgan fingerprint density at radius 3 is 2.80 bits per heavy atom. The fourth-order valence-electron chi connectivity index (χ4n) is 2.46. The molecule has 1 unspecified atom stereocenters. The zero-order chi connectivity index (χ0) is 14.8. The van der Waals surface area contributed by atoms with Crippen LogP contribution in [0.2, 0.25) is 0 Å². The van der Waals surface area contributed by atoms with E-state index in [1.54, 1.807) is 0 Å². The molecule has 112 valence electrons. The molecule has 0 radical (unpaired) electrons. The Morgan fingerprint density at radius 1 is 1.45 bits per heavy atom. The van der Waals surface area contributed by atoms with E-state index in [1.807, 2.05) is 0 Å². The Bertz CT molecular complexity index is 557. The fraction of sp³-hybridized carbons (Fsp3) is 0.571. The molecule has 2 rings (SSSR count). The second-order valence-electron chi connectivity index (χ2n) is 5.59. The Morgan fingerprint density at radius 2 is 2.20 bits per heavy atom. The van der Waals surface area contributed by atoms with Gasteiger partial charge in [-0.25, -0.2) is 13.1 Å². The number of sulfonamides is 1. The van der Waals surface area contributed by atoms with Crippen molar-refractivity contribution in [3.8, 4) is 5.75 Å². The molecule has 0 spiro atoms. The molecule has 1 aliphatic heterocycles. The van der Waals surface area contributed by atoms with E-state index in [0.717, 1.165) is 19.5 Å². The summed E-state index contributed by atoms with van der Waals surface area (Å²) in [6.45, 7) is 6.70. The van der Waals surface area contributed by atoms with Crippen molar-refractivity contribution in [1.82, 2.24) is 9.62 Å². The van der Waals surface area contributed by atoms with E-state index in [9.17, 15) is 13.5 Å². The molecule has 1 atom stereocenters. The molecule has 0 bridgehead atoms. The quantitative estimate of drug-likeness (QED) is 0.862. The molecular formula is C14H22N2O3S. The molecule has 0 amide bonds. The largest absolute Gasteiger partial charge is 0.508 e. The standard InChI is InChI=1S/C14H22N2O3S/c1-11(2)16-7-6-12(10-16)9-15-20(18,19)14-5-3-4-13(17)8-14/h3-5,8,11-12,15,17H,6-7,9-10H2,1-2H3. The average Bonchev–Trinajstić information content (AvgIpc) is 2.85. The summed E-state index contributed by atoms with van der Waals surface area (Å²) in [6.07, 6.45) is 1.01. The minimum Gasteiger partial charge on any atom is -0.508 e. The molecule has 0 aliphatic carbocycles. The Balaban J connectivity index is 1.94. The van der Waals surface area contributed by atoms with Crippen LogP contribution in [0.5, 0.6) is 5.75 Å². The number of aromatic hydroxyl groups is 1. The minimum absolute atomic E-state index is 0.0419. The van der Waals surface area contributed by atoms with Gasteiger partial charge in [0, 0.05) is 19.1 Å². The van der Waals surface area contributed by atoms with E-state index in [4.69, 9.17) is 0 Å². The first-order chi connectivity index (χ1) is 9.38. The molecule has 5 nitrogen and oxygen atoms in total. The fourth-order valence-corrected chi connectivity index (χ4v) is 3.62. The first-order valence-corrected chi connectivity index (χ1v) is 8.39. The van der Waals surface area contributed by atoms with Gasteiger partial charge in [0.15, 0.2) is 0 Å². The Hall–Kier alpha value is -1.11. The lowest BCUT2D eigenvalue weighted by molar-refractivity contribution is 0.265. The number of rotatable bonds is 5. The molecule has 1 fully saturated rings. The number of hydrogen-bond acceptors (Lipinski definition) is 4. The van der Waals surface area contributed by atoms with Gasteiger partial charge in [-0.1, -0.05) is 6.07 Å². The maximum atomic E-state index is 12.1. The lowest BCUT2D eigenvalue weighted by atomic mass is 10.1. The van der Waals surface area contributed by atoms with Gasteiger partial charge in [0.25, 0.3) is 0 Å². The van der Waals surface area contributed by atoms with Crippen molar-refractivity contribution in [1.29, 1.82) is 0 Å². The number of phenols is 1. The van der Waals surface area contributed by atoms with Crippen LogP contribution in [0.15, 0.2) is 29.2 Å². The number of phenolic OH excluding ortho intramolecular Hbond substituents is 1. The molecule has 0 saturated carbocycles. The van der Waals surface area contributed by atoms with Crippen LogP contribution in [-0.2, 0) is 10.0 Å². The highest BCUT2D eigenvalue weighted by molar-refractivity contribution is 7.89. The summed E-state index contributed by atoms with van der Waals surface area (Å²) >= 11 is 0. The zero-order valence-electron chi connectivity index (χ0n) is 11.9. The van der Waals surface area contributed by atoms with E-state index in [-0.39, 0.29) is 10.6 Å². The van der Waals surface area contributed by atoms with E-state index in [2.05, 4.69) is 23.5 Å². The van der Waals surface area contributed by atoms with Gasteiger partial charge in [-0.3, -0.25) is 0 Å². The Labute approximate surface area is 120 Å². The van der Waals surface area contributed by atoms with Crippen LogP contribution in [0.25, 0.3) is 0 Å². The lowest BCUT2D eigenvalue weighted by Gasteiger charge is -2.20. The van der Waals surface area contributed by atoms with Crippen LogP contribution < -0.4 is 4.72 Å². The van der Waals surface area contributed by atoms with Crippen molar-refractivity contribution in [2.45, 2.75) is 31.2 Å². The van der Waals surface area contributed by atoms with E-state index in [0.29, 0.717) is 18.5 Å². The van der Waals surface area contributed by atoms with Crippen LogP contribution in [0, 0.1) is 5.92 Å². The molecule has 2 N–H and O–H groups in total. The van der Waals surface area contributed by atoms with Gasteiger partial charge in [-0.05, 0) is 50.9 Å². The summed E-state index contributed by atoms with van der Waals surface area (Å²) in [6, 6.07) is 6.23. The van der Waals surface area contributed by atoms with Crippen LogP contribution in [0.1, 0.15) is 20.3 Å². The smallest absolute Gasteiger partial charge is 0.240 e. The predicted molar refractivity (Wildman–Crippen MR) is 78.1 cm³/mol. The second kappa shape index (κ2) is 6.11. The second-order valence-corrected chi connectivity index (χ2v) is 7.36. The van der Waals surface area contributed by atoms with Gasteiger partial charge >= 0.3 is 0 Å². The molecule has 1 aromatic rings. The molecule has 1 aliphatic rings. The van der Waals surface area contributed by atoms with Crippen LogP contribution in [-0.4, -0.2) is 44.1 Å². The monoisotopic (exact) mass is 298 g/mol. The molecule has 1 aromatic carbocycles.